The van der Waals surface area contributed by atoms with Gasteiger partial charge >= 0.3 is 6.03 Å². The van der Waals surface area contributed by atoms with Crippen LogP contribution in [0.25, 0.3) is 0 Å². The highest BCUT2D eigenvalue weighted by Gasteiger charge is 2.44. The first-order valence-electron chi connectivity index (χ1n) is 13.5. The van der Waals surface area contributed by atoms with E-state index in [4.69, 9.17) is 14.2 Å². The summed E-state index contributed by atoms with van der Waals surface area (Å²) in [5.74, 6) is -2.04. The molecule has 11 nitrogen and oxygen atoms in total. The van der Waals surface area contributed by atoms with Crippen LogP contribution in [0.5, 0.6) is 11.5 Å². The van der Waals surface area contributed by atoms with E-state index in [0.29, 0.717) is 25.4 Å². The Balaban J connectivity index is 1.37. The maximum Gasteiger partial charge on any atom is 0.325 e. The average molecular weight is 591 g/mol. The third kappa shape index (κ3) is 7.72. The summed E-state index contributed by atoms with van der Waals surface area (Å²) in [5.41, 5.74) is -1.53. The largest absolute Gasteiger partial charge is 0.492 e. The summed E-state index contributed by atoms with van der Waals surface area (Å²) < 4.78 is 43.3. The van der Waals surface area contributed by atoms with Crippen molar-refractivity contribution in [2.24, 2.45) is 0 Å². The highest BCUT2D eigenvalue weighted by atomic mass is 19.2. The fourth-order valence-corrected chi connectivity index (χ4v) is 4.91. The molecule has 13 heteroatoms. The molecule has 2 heterocycles. The first-order valence-corrected chi connectivity index (χ1v) is 13.5. The molecule has 0 bridgehead atoms. The Bertz CT molecular complexity index is 1290. The summed E-state index contributed by atoms with van der Waals surface area (Å²) in [6, 6.07) is 9.95. The third-order valence-corrected chi connectivity index (χ3v) is 7.07. The molecule has 0 saturated carbocycles. The van der Waals surface area contributed by atoms with E-state index in [-0.39, 0.29) is 57.0 Å². The van der Waals surface area contributed by atoms with Gasteiger partial charge in [-0.2, -0.15) is 0 Å². The molecule has 2 aromatic carbocycles. The Morgan fingerprint density at radius 1 is 1.00 bits per heavy atom. The van der Waals surface area contributed by atoms with Gasteiger partial charge in [-0.25, -0.2) is 13.6 Å². The van der Waals surface area contributed by atoms with E-state index in [9.17, 15) is 28.3 Å². The predicted molar refractivity (Wildman–Crippen MR) is 147 cm³/mol. The minimum Gasteiger partial charge on any atom is -0.492 e. The van der Waals surface area contributed by atoms with Gasteiger partial charge in [0, 0.05) is 39.4 Å². The van der Waals surface area contributed by atoms with Crippen LogP contribution in [0.15, 0.2) is 42.5 Å². The molecule has 1 atom stereocenters. The molecule has 2 fully saturated rings. The van der Waals surface area contributed by atoms with Crippen LogP contribution in [-0.2, 0) is 20.9 Å². The lowest BCUT2D eigenvalue weighted by molar-refractivity contribution is -0.138. The van der Waals surface area contributed by atoms with Crippen LogP contribution in [0, 0.1) is 11.6 Å². The van der Waals surface area contributed by atoms with E-state index in [0.717, 1.165) is 22.6 Å². The van der Waals surface area contributed by atoms with E-state index in [1.165, 1.54) is 18.1 Å². The summed E-state index contributed by atoms with van der Waals surface area (Å²) in [7, 11) is 1.41. The molecule has 0 unspecified atom stereocenters. The summed E-state index contributed by atoms with van der Waals surface area (Å²) in [6.45, 7) is 4.51. The van der Waals surface area contributed by atoms with E-state index in [1.54, 1.807) is 26.0 Å². The fourth-order valence-electron chi connectivity index (χ4n) is 4.91. The molecule has 42 heavy (non-hydrogen) atoms. The number of rotatable bonds is 11. The number of ether oxygens (including phenoxy) is 3. The second kappa shape index (κ2) is 13.0. The lowest BCUT2D eigenvalue weighted by atomic mass is 10.0. The van der Waals surface area contributed by atoms with Crippen molar-refractivity contribution < 1.29 is 42.5 Å². The van der Waals surface area contributed by atoms with Gasteiger partial charge in [-0.15, -0.1) is 0 Å². The van der Waals surface area contributed by atoms with Gasteiger partial charge in [-0.1, -0.05) is 12.1 Å². The molecule has 0 aromatic heterocycles. The highest BCUT2D eigenvalue weighted by Crippen LogP contribution is 2.22. The molecule has 228 valence electrons. The van der Waals surface area contributed by atoms with Gasteiger partial charge in [0.05, 0.1) is 13.1 Å². The molecular formula is C29H36F2N4O7. The Labute approximate surface area is 242 Å². The zero-order chi connectivity index (χ0) is 30.5. The molecular weight excluding hydrogens is 554 g/mol. The van der Waals surface area contributed by atoms with E-state index in [1.807, 2.05) is 17.0 Å². The Kier molecular flexibility index (Phi) is 9.64. The van der Waals surface area contributed by atoms with E-state index < -0.39 is 28.8 Å². The van der Waals surface area contributed by atoms with Crippen LogP contribution in [0.3, 0.4) is 0 Å². The number of nitrogens with one attached hydrogen (secondary N) is 1. The Morgan fingerprint density at radius 3 is 2.36 bits per heavy atom. The Morgan fingerprint density at radius 2 is 1.71 bits per heavy atom. The van der Waals surface area contributed by atoms with Crippen LogP contribution in [0.1, 0.15) is 19.4 Å². The minimum absolute atomic E-state index is 0.0309. The standard InChI is InChI=1S/C29H36F2N4O7/c1-28(2)26(37)35(27(38)32-28)12-13-41-21-6-4-20(5-7-21)15-33-10-11-34(25(36)16-40-3)18-29(39,17-33)19-42-22-8-9-23(30)24(31)14-22/h4-9,14,39H,10-13,15-19H2,1-3H3,(H,32,38)/t29-/m0/s1. The zero-order valence-electron chi connectivity index (χ0n) is 23.9. The maximum absolute atomic E-state index is 13.7. The molecule has 4 rings (SSSR count). The second-order valence-electron chi connectivity index (χ2n) is 11.1. The summed E-state index contributed by atoms with van der Waals surface area (Å²) >= 11 is 0. The molecule has 2 aliphatic heterocycles. The van der Waals surface area contributed by atoms with E-state index in [2.05, 4.69) is 5.32 Å². The number of carbonyl (C=O) groups excluding carboxylic acids is 3. The minimum atomic E-state index is -1.51. The number of nitrogens with zero attached hydrogens (tertiary/aromatic N) is 3. The molecule has 0 aliphatic carbocycles. The smallest absolute Gasteiger partial charge is 0.325 e. The zero-order valence-corrected chi connectivity index (χ0v) is 23.9. The first-order chi connectivity index (χ1) is 19.9. The number of aliphatic hydroxyl groups is 1. The molecule has 2 N–H and O–H groups in total. The van der Waals surface area contributed by atoms with Crippen LogP contribution in [0.4, 0.5) is 13.6 Å². The van der Waals surface area contributed by atoms with Crippen LogP contribution < -0.4 is 14.8 Å². The van der Waals surface area contributed by atoms with Gasteiger partial charge in [-0.05, 0) is 43.7 Å². The van der Waals surface area contributed by atoms with Gasteiger partial charge in [0.25, 0.3) is 5.91 Å². The van der Waals surface area contributed by atoms with Gasteiger partial charge in [-0.3, -0.25) is 19.4 Å². The van der Waals surface area contributed by atoms with Crippen molar-refractivity contribution in [3.63, 3.8) is 0 Å². The van der Waals surface area contributed by atoms with E-state index >= 15 is 0 Å². The fraction of sp³-hybridized carbons (Fsp3) is 0.483. The van der Waals surface area contributed by atoms with Crippen molar-refractivity contribution in [3.05, 3.63) is 59.7 Å². The number of imide groups is 1. The highest BCUT2D eigenvalue weighted by molar-refractivity contribution is 6.06. The molecule has 2 aromatic rings. The molecule has 0 radical (unpaired) electrons. The first kappa shape index (κ1) is 31.1. The predicted octanol–water partition coefficient (Wildman–Crippen LogP) is 1.77. The van der Waals surface area contributed by atoms with Crippen LogP contribution >= 0.6 is 0 Å². The molecule has 2 aliphatic rings. The van der Waals surface area contributed by atoms with Crippen molar-refractivity contribution in [1.29, 1.82) is 0 Å². The molecule has 0 spiro atoms. The Hall–Kier alpha value is -3.81. The number of benzene rings is 2. The summed E-state index contributed by atoms with van der Waals surface area (Å²) in [4.78, 5) is 41.6. The number of halogens is 2. The molecule has 4 amide bonds. The number of urea groups is 1. The number of hydrogen-bond donors (Lipinski definition) is 2. The number of hydrogen-bond acceptors (Lipinski definition) is 8. The number of amides is 4. The van der Waals surface area contributed by atoms with Crippen LogP contribution in [-0.4, -0.2) is 108 Å². The summed E-state index contributed by atoms with van der Waals surface area (Å²) in [5, 5.41) is 14.2. The van der Waals surface area contributed by atoms with Crippen molar-refractivity contribution in [2.75, 3.05) is 59.7 Å². The maximum atomic E-state index is 13.7. The normalized spacial score (nSPS) is 20.8. The van der Waals surface area contributed by atoms with Gasteiger partial charge in [0.2, 0.25) is 5.91 Å². The van der Waals surface area contributed by atoms with Crippen LogP contribution in [0.2, 0.25) is 0 Å². The molecule has 2 saturated heterocycles. The van der Waals surface area contributed by atoms with Gasteiger partial charge < -0.3 is 29.5 Å². The number of carbonyl (C=O) groups is 3. The topological polar surface area (TPSA) is 121 Å². The quantitative estimate of drug-likeness (QED) is 0.380. The number of methoxy groups -OCH3 is 1. The summed E-state index contributed by atoms with van der Waals surface area (Å²) in [6.07, 6.45) is 0. The van der Waals surface area contributed by atoms with Crippen molar-refractivity contribution in [1.82, 2.24) is 20.0 Å². The monoisotopic (exact) mass is 590 g/mol. The average Bonchev–Trinajstić information content (AvgIpc) is 3.04. The van der Waals surface area contributed by atoms with Gasteiger partial charge in [0.1, 0.15) is 42.5 Å². The van der Waals surface area contributed by atoms with Crippen molar-refractivity contribution >= 4 is 17.8 Å². The SMILES string of the molecule is COCC(=O)N1CCN(Cc2ccc(OCCN3C(=O)NC(C)(C)C3=O)cc2)C[C@@](O)(COc2ccc(F)c(F)c2)C1. The van der Waals surface area contributed by atoms with Gasteiger partial charge in [0.15, 0.2) is 11.6 Å². The number of β-amino-alcohol motifs (C(OH)–C–C–N with tert-alkyl or cyclic N) is 1. The lowest BCUT2D eigenvalue weighted by Gasteiger charge is -2.33. The van der Waals surface area contributed by atoms with Crippen molar-refractivity contribution in [2.45, 2.75) is 31.5 Å². The third-order valence-electron chi connectivity index (χ3n) is 7.07. The van der Waals surface area contributed by atoms with Crippen molar-refractivity contribution in [3.8, 4) is 11.5 Å². The lowest BCUT2D eigenvalue weighted by Crippen LogP contribution is -2.52. The second-order valence-corrected chi connectivity index (χ2v) is 11.1.